The Morgan fingerprint density at radius 2 is 1.89 bits per heavy atom. The number of hydrogen-bond acceptors (Lipinski definition) is 5. The van der Waals surface area contributed by atoms with Gasteiger partial charge in [-0.2, -0.15) is 5.10 Å². The zero-order chi connectivity index (χ0) is 18.6. The Balaban J connectivity index is 1.51. The van der Waals surface area contributed by atoms with E-state index in [-0.39, 0.29) is 11.8 Å². The van der Waals surface area contributed by atoms with Crippen molar-refractivity contribution in [2.45, 2.75) is 12.8 Å². The molecule has 1 aliphatic heterocycles. The lowest BCUT2D eigenvalue weighted by atomic mass is 10.1. The lowest BCUT2D eigenvalue weighted by molar-refractivity contribution is 0.0792. The molecule has 27 heavy (non-hydrogen) atoms. The van der Waals surface area contributed by atoms with Crippen LogP contribution < -0.4 is 5.32 Å². The van der Waals surface area contributed by atoms with E-state index in [2.05, 4.69) is 20.4 Å². The van der Waals surface area contributed by atoms with Gasteiger partial charge in [0.2, 0.25) is 0 Å². The molecule has 136 valence electrons. The molecule has 1 fully saturated rings. The molecular weight excluding hydrogens is 344 g/mol. The maximum Gasteiger partial charge on any atom is 0.255 e. The molecule has 1 aliphatic rings. The van der Waals surface area contributed by atoms with E-state index in [9.17, 15) is 9.59 Å². The standard InChI is InChI=1S/C19H18N6O2/c26-18(14-6-7-21-17(11-14)25-13-20-12-22-25)23-16-5-3-4-15(10-16)19(27)24-8-1-2-9-24/h3-7,10-13H,1-2,8-9H2,(H,23,26). The average molecular weight is 362 g/mol. The van der Waals surface area contributed by atoms with E-state index < -0.39 is 0 Å². The Morgan fingerprint density at radius 3 is 2.67 bits per heavy atom. The number of anilines is 1. The maximum absolute atomic E-state index is 12.6. The third kappa shape index (κ3) is 3.69. The van der Waals surface area contributed by atoms with Crippen LogP contribution in [0.25, 0.3) is 5.82 Å². The number of rotatable bonds is 4. The molecule has 2 aromatic heterocycles. The molecule has 3 heterocycles. The molecule has 0 atom stereocenters. The number of nitrogens with one attached hydrogen (secondary N) is 1. The Kier molecular flexibility index (Phi) is 4.61. The Labute approximate surface area is 155 Å². The minimum atomic E-state index is -0.287. The van der Waals surface area contributed by atoms with Gasteiger partial charge >= 0.3 is 0 Å². The topological polar surface area (TPSA) is 93.0 Å². The average Bonchev–Trinajstić information content (AvgIpc) is 3.42. The number of hydrogen-bond donors (Lipinski definition) is 1. The van der Waals surface area contributed by atoms with Crippen molar-refractivity contribution < 1.29 is 9.59 Å². The van der Waals surface area contributed by atoms with Gasteiger partial charge < -0.3 is 10.2 Å². The van der Waals surface area contributed by atoms with Crippen molar-refractivity contribution in [3.63, 3.8) is 0 Å². The molecule has 4 rings (SSSR count). The minimum Gasteiger partial charge on any atom is -0.339 e. The van der Waals surface area contributed by atoms with E-state index in [4.69, 9.17) is 0 Å². The monoisotopic (exact) mass is 362 g/mol. The number of benzene rings is 1. The molecule has 1 N–H and O–H groups in total. The molecule has 1 saturated heterocycles. The highest BCUT2D eigenvalue weighted by atomic mass is 16.2. The van der Waals surface area contributed by atoms with E-state index in [1.54, 1.807) is 42.6 Å². The van der Waals surface area contributed by atoms with Crippen molar-refractivity contribution in [3.8, 4) is 5.82 Å². The smallest absolute Gasteiger partial charge is 0.255 e. The number of carbonyl (C=O) groups excluding carboxylic acids is 2. The van der Waals surface area contributed by atoms with Gasteiger partial charge in [-0.25, -0.2) is 14.6 Å². The van der Waals surface area contributed by atoms with E-state index in [0.717, 1.165) is 25.9 Å². The zero-order valence-electron chi connectivity index (χ0n) is 14.6. The Hall–Kier alpha value is -3.55. The highest BCUT2D eigenvalue weighted by molar-refractivity contribution is 6.05. The summed E-state index contributed by atoms with van der Waals surface area (Å²) in [6, 6.07) is 10.3. The Bertz CT molecular complexity index is 964. The predicted octanol–water partition coefficient (Wildman–Crippen LogP) is 2.15. The predicted molar refractivity (Wildman–Crippen MR) is 98.7 cm³/mol. The summed E-state index contributed by atoms with van der Waals surface area (Å²) in [6.07, 6.45) is 6.53. The van der Waals surface area contributed by atoms with Crippen molar-refractivity contribution in [1.29, 1.82) is 0 Å². The molecule has 0 spiro atoms. The number of amides is 2. The van der Waals surface area contributed by atoms with E-state index >= 15 is 0 Å². The van der Waals surface area contributed by atoms with Crippen LogP contribution in [0.1, 0.15) is 33.6 Å². The van der Waals surface area contributed by atoms with Crippen molar-refractivity contribution in [2.24, 2.45) is 0 Å². The van der Waals surface area contributed by atoms with Crippen LogP contribution in [-0.2, 0) is 0 Å². The van der Waals surface area contributed by atoms with E-state index in [0.29, 0.717) is 22.6 Å². The molecule has 0 bridgehead atoms. The van der Waals surface area contributed by atoms with Crippen LogP contribution in [-0.4, -0.2) is 49.6 Å². The van der Waals surface area contributed by atoms with Gasteiger partial charge in [-0.15, -0.1) is 0 Å². The van der Waals surface area contributed by atoms with E-state index in [1.807, 2.05) is 4.90 Å². The molecule has 8 nitrogen and oxygen atoms in total. The second-order valence-electron chi connectivity index (χ2n) is 6.28. The first kappa shape index (κ1) is 16.9. The summed E-state index contributed by atoms with van der Waals surface area (Å²) in [5, 5.41) is 6.84. The summed E-state index contributed by atoms with van der Waals surface area (Å²) < 4.78 is 1.48. The summed E-state index contributed by atoms with van der Waals surface area (Å²) in [5.74, 6) is 0.212. The van der Waals surface area contributed by atoms with Gasteiger partial charge in [0.1, 0.15) is 12.7 Å². The normalized spacial score (nSPS) is 13.6. The number of pyridine rings is 1. The van der Waals surface area contributed by atoms with Crippen LogP contribution in [0, 0.1) is 0 Å². The number of carbonyl (C=O) groups is 2. The fraction of sp³-hybridized carbons (Fsp3) is 0.211. The van der Waals surface area contributed by atoms with Gasteiger partial charge in [-0.1, -0.05) is 6.07 Å². The van der Waals surface area contributed by atoms with Gasteiger partial charge in [0.15, 0.2) is 5.82 Å². The van der Waals surface area contributed by atoms with Crippen LogP contribution in [0.5, 0.6) is 0 Å². The molecule has 3 aromatic rings. The molecule has 0 unspecified atom stereocenters. The fourth-order valence-electron chi connectivity index (χ4n) is 3.05. The fourth-order valence-corrected chi connectivity index (χ4v) is 3.05. The van der Waals surface area contributed by atoms with Crippen molar-refractivity contribution >= 4 is 17.5 Å². The summed E-state index contributed by atoms with van der Waals surface area (Å²) in [6.45, 7) is 1.58. The van der Waals surface area contributed by atoms with Crippen LogP contribution >= 0.6 is 0 Å². The van der Waals surface area contributed by atoms with Crippen molar-refractivity contribution in [2.75, 3.05) is 18.4 Å². The van der Waals surface area contributed by atoms with Gasteiger partial charge in [0.25, 0.3) is 11.8 Å². The van der Waals surface area contributed by atoms with Crippen LogP contribution in [0.3, 0.4) is 0 Å². The first-order chi connectivity index (χ1) is 13.2. The van der Waals surface area contributed by atoms with Gasteiger partial charge in [0.05, 0.1) is 0 Å². The van der Waals surface area contributed by atoms with Gasteiger partial charge in [0, 0.05) is 36.1 Å². The third-order valence-corrected chi connectivity index (χ3v) is 4.42. The molecule has 0 saturated carbocycles. The Morgan fingerprint density at radius 1 is 1.04 bits per heavy atom. The molecule has 2 amide bonds. The summed E-state index contributed by atoms with van der Waals surface area (Å²) in [7, 11) is 0. The first-order valence-corrected chi connectivity index (χ1v) is 8.72. The number of aromatic nitrogens is 4. The minimum absolute atomic E-state index is 0.000906. The quantitative estimate of drug-likeness (QED) is 0.768. The van der Waals surface area contributed by atoms with Crippen LogP contribution in [0.15, 0.2) is 55.2 Å². The maximum atomic E-state index is 12.6. The number of nitrogens with zero attached hydrogens (tertiary/aromatic N) is 5. The highest BCUT2D eigenvalue weighted by Crippen LogP contribution is 2.17. The molecule has 0 radical (unpaired) electrons. The summed E-state index contributed by atoms with van der Waals surface area (Å²) in [4.78, 5) is 35.0. The van der Waals surface area contributed by atoms with Crippen molar-refractivity contribution in [3.05, 3.63) is 66.4 Å². The second kappa shape index (κ2) is 7.36. The second-order valence-corrected chi connectivity index (χ2v) is 6.28. The van der Waals surface area contributed by atoms with Crippen LogP contribution in [0.2, 0.25) is 0 Å². The highest BCUT2D eigenvalue weighted by Gasteiger charge is 2.19. The number of likely N-dealkylation sites (tertiary alicyclic amines) is 1. The van der Waals surface area contributed by atoms with Crippen LogP contribution in [0.4, 0.5) is 5.69 Å². The summed E-state index contributed by atoms with van der Waals surface area (Å²) in [5.41, 5.74) is 1.59. The van der Waals surface area contributed by atoms with Gasteiger partial charge in [-0.3, -0.25) is 9.59 Å². The molecule has 8 heteroatoms. The molecule has 0 aliphatic carbocycles. The van der Waals surface area contributed by atoms with E-state index in [1.165, 1.54) is 17.3 Å². The van der Waals surface area contributed by atoms with Crippen molar-refractivity contribution in [1.82, 2.24) is 24.6 Å². The first-order valence-electron chi connectivity index (χ1n) is 8.72. The SMILES string of the molecule is O=C(Nc1cccc(C(=O)N2CCCC2)c1)c1ccnc(-n2cncn2)c1. The summed E-state index contributed by atoms with van der Waals surface area (Å²) >= 11 is 0. The molecule has 1 aromatic carbocycles. The molecular formula is C19H18N6O2. The lowest BCUT2D eigenvalue weighted by Gasteiger charge is -2.15. The largest absolute Gasteiger partial charge is 0.339 e. The third-order valence-electron chi connectivity index (χ3n) is 4.42. The van der Waals surface area contributed by atoms with Gasteiger partial charge in [-0.05, 0) is 43.2 Å². The lowest BCUT2D eigenvalue weighted by Crippen LogP contribution is -2.27. The zero-order valence-corrected chi connectivity index (χ0v) is 14.6.